The van der Waals surface area contributed by atoms with Gasteiger partial charge in [-0.15, -0.1) is 0 Å². The van der Waals surface area contributed by atoms with Crippen molar-refractivity contribution < 1.29 is 8.42 Å². The quantitative estimate of drug-likeness (QED) is 0.612. The second-order valence-corrected chi connectivity index (χ2v) is 5.90. The van der Waals surface area contributed by atoms with Crippen molar-refractivity contribution in [2.75, 3.05) is 13.1 Å². The number of unbranched alkanes of at least 4 members (excludes halogenated alkanes) is 2. The van der Waals surface area contributed by atoms with Crippen molar-refractivity contribution in [2.24, 2.45) is 5.73 Å². The Morgan fingerprint density at radius 3 is 2.47 bits per heavy atom. The average Bonchev–Trinajstić information content (AvgIpc) is 2.42. The van der Waals surface area contributed by atoms with Gasteiger partial charge in [0.25, 0.3) is 0 Å². The van der Waals surface area contributed by atoms with Gasteiger partial charge in [-0.3, -0.25) is 0 Å². The maximum Gasteiger partial charge on any atom is 0.240 e. The van der Waals surface area contributed by atoms with E-state index in [1.54, 1.807) is 24.3 Å². The molecular formula is C14H20N2O2S. The van der Waals surface area contributed by atoms with E-state index < -0.39 is 10.0 Å². The van der Waals surface area contributed by atoms with Crippen molar-refractivity contribution in [2.45, 2.75) is 31.1 Å². The van der Waals surface area contributed by atoms with Gasteiger partial charge in [-0.1, -0.05) is 31.6 Å². The van der Waals surface area contributed by atoms with Gasteiger partial charge in [0.05, 0.1) is 11.4 Å². The second kappa shape index (κ2) is 7.95. The van der Waals surface area contributed by atoms with Crippen LogP contribution >= 0.6 is 0 Å². The summed E-state index contributed by atoms with van der Waals surface area (Å²) < 4.78 is 26.5. The molecular weight excluding hydrogens is 260 g/mol. The summed E-state index contributed by atoms with van der Waals surface area (Å²) in [6, 6.07) is 6.48. The SMILES string of the molecule is CCCCCNS(=O)(=O)c1ccc(C#CCN)cc1. The van der Waals surface area contributed by atoms with E-state index in [9.17, 15) is 8.42 Å². The maximum absolute atomic E-state index is 12.0. The molecule has 5 heteroatoms. The van der Waals surface area contributed by atoms with E-state index in [-0.39, 0.29) is 4.90 Å². The molecule has 0 aliphatic rings. The molecule has 1 aromatic rings. The number of sulfonamides is 1. The molecule has 0 aliphatic carbocycles. The summed E-state index contributed by atoms with van der Waals surface area (Å²) in [5.41, 5.74) is 6.04. The van der Waals surface area contributed by atoms with Gasteiger partial charge < -0.3 is 5.73 Å². The van der Waals surface area contributed by atoms with Crippen LogP contribution in [0.25, 0.3) is 0 Å². The van der Waals surface area contributed by atoms with Crippen LogP contribution in [0.15, 0.2) is 29.2 Å². The highest BCUT2D eigenvalue weighted by atomic mass is 32.2. The zero-order chi connectivity index (χ0) is 14.1. The number of hydrogen-bond donors (Lipinski definition) is 2. The molecule has 1 rings (SSSR count). The summed E-state index contributed by atoms with van der Waals surface area (Å²) in [5, 5.41) is 0. The molecule has 0 saturated carbocycles. The largest absolute Gasteiger partial charge is 0.320 e. The number of benzene rings is 1. The fourth-order valence-corrected chi connectivity index (χ4v) is 2.61. The summed E-state index contributed by atoms with van der Waals surface area (Å²) >= 11 is 0. The van der Waals surface area contributed by atoms with Crippen LogP contribution in [0.2, 0.25) is 0 Å². The molecule has 0 atom stereocenters. The minimum Gasteiger partial charge on any atom is -0.320 e. The van der Waals surface area contributed by atoms with Gasteiger partial charge in [-0.05, 0) is 30.7 Å². The highest BCUT2D eigenvalue weighted by Crippen LogP contribution is 2.10. The van der Waals surface area contributed by atoms with Crippen molar-refractivity contribution in [1.82, 2.24) is 4.72 Å². The Morgan fingerprint density at radius 2 is 1.89 bits per heavy atom. The zero-order valence-corrected chi connectivity index (χ0v) is 12.0. The molecule has 0 spiro atoms. The molecule has 0 radical (unpaired) electrons. The van der Waals surface area contributed by atoms with Crippen molar-refractivity contribution in [3.05, 3.63) is 29.8 Å². The Balaban J connectivity index is 2.68. The lowest BCUT2D eigenvalue weighted by molar-refractivity contribution is 0.576. The van der Waals surface area contributed by atoms with Crippen LogP contribution in [-0.4, -0.2) is 21.5 Å². The third kappa shape index (κ3) is 5.43. The highest BCUT2D eigenvalue weighted by Gasteiger charge is 2.12. The van der Waals surface area contributed by atoms with E-state index in [0.29, 0.717) is 13.1 Å². The van der Waals surface area contributed by atoms with Crippen LogP contribution in [-0.2, 0) is 10.0 Å². The molecule has 0 fully saturated rings. The first-order valence-corrected chi connectivity index (χ1v) is 7.87. The van der Waals surface area contributed by atoms with Gasteiger partial charge in [-0.2, -0.15) is 0 Å². The predicted octanol–water partition coefficient (Wildman–Crippen LogP) is 1.47. The van der Waals surface area contributed by atoms with Crippen LogP contribution in [0.4, 0.5) is 0 Å². The number of hydrogen-bond acceptors (Lipinski definition) is 3. The van der Waals surface area contributed by atoms with Gasteiger partial charge in [0.15, 0.2) is 0 Å². The van der Waals surface area contributed by atoms with Crippen molar-refractivity contribution in [1.29, 1.82) is 0 Å². The molecule has 19 heavy (non-hydrogen) atoms. The normalized spacial score (nSPS) is 10.8. The Kier molecular flexibility index (Phi) is 6.57. The minimum atomic E-state index is -3.40. The zero-order valence-electron chi connectivity index (χ0n) is 11.1. The minimum absolute atomic E-state index is 0.266. The number of nitrogens with one attached hydrogen (secondary N) is 1. The molecule has 0 heterocycles. The molecule has 0 unspecified atom stereocenters. The molecule has 0 saturated heterocycles. The lowest BCUT2D eigenvalue weighted by Gasteiger charge is -2.06. The van der Waals surface area contributed by atoms with Crippen molar-refractivity contribution in [3.63, 3.8) is 0 Å². The van der Waals surface area contributed by atoms with Crippen LogP contribution in [0, 0.1) is 11.8 Å². The summed E-state index contributed by atoms with van der Waals surface area (Å²) in [6.07, 6.45) is 2.95. The molecule has 3 N–H and O–H groups in total. The molecule has 4 nitrogen and oxygen atoms in total. The molecule has 104 valence electrons. The second-order valence-electron chi connectivity index (χ2n) is 4.14. The van der Waals surface area contributed by atoms with E-state index in [1.165, 1.54) is 0 Å². The fourth-order valence-electron chi connectivity index (χ4n) is 1.54. The third-order valence-electron chi connectivity index (χ3n) is 2.57. The molecule has 0 amide bonds. The smallest absolute Gasteiger partial charge is 0.240 e. The summed E-state index contributed by atoms with van der Waals surface area (Å²) in [7, 11) is -3.40. The Bertz CT molecular complexity index is 539. The topological polar surface area (TPSA) is 72.2 Å². The van der Waals surface area contributed by atoms with Gasteiger partial charge >= 0.3 is 0 Å². The standard InChI is InChI=1S/C14H20N2O2S/c1-2-3-4-12-16-19(17,18)14-9-7-13(8-10-14)6-5-11-15/h7-10,16H,2-4,11-12,15H2,1H3. The van der Waals surface area contributed by atoms with E-state index in [1.807, 2.05) is 0 Å². The lowest BCUT2D eigenvalue weighted by atomic mass is 10.2. The van der Waals surface area contributed by atoms with Crippen LogP contribution in [0.5, 0.6) is 0 Å². The van der Waals surface area contributed by atoms with Crippen LogP contribution < -0.4 is 10.5 Å². The van der Waals surface area contributed by atoms with Crippen molar-refractivity contribution in [3.8, 4) is 11.8 Å². The molecule has 0 aliphatic heterocycles. The average molecular weight is 280 g/mol. The van der Waals surface area contributed by atoms with Gasteiger partial charge in [-0.25, -0.2) is 13.1 Å². The first-order chi connectivity index (χ1) is 9.10. The molecule has 0 aromatic heterocycles. The predicted molar refractivity (Wildman–Crippen MR) is 77.1 cm³/mol. The monoisotopic (exact) mass is 280 g/mol. The highest BCUT2D eigenvalue weighted by molar-refractivity contribution is 7.89. The Hall–Kier alpha value is -1.35. The number of nitrogens with two attached hydrogens (primary N) is 1. The van der Waals surface area contributed by atoms with Crippen LogP contribution in [0.3, 0.4) is 0 Å². The maximum atomic E-state index is 12.0. The number of rotatable bonds is 6. The Labute approximate surface area is 115 Å². The third-order valence-corrected chi connectivity index (χ3v) is 4.05. The van der Waals surface area contributed by atoms with E-state index in [2.05, 4.69) is 23.5 Å². The fraction of sp³-hybridized carbons (Fsp3) is 0.429. The molecule has 1 aromatic carbocycles. The van der Waals surface area contributed by atoms with Gasteiger partial charge in [0.2, 0.25) is 10.0 Å². The molecule has 0 bridgehead atoms. The van der Waals surface area contributed by atoms with Crippen molar-refractivity contribution >= 4 is 10.0 Å². The Morgan fingerprint density at radius 1 is 1.21 bits per heavy atom. The van der Waals surface area contributed by atoms with Gasteiger partial charge in [0.1, 0.15) is 0 Å². The van der Waals surface area contributed by atoms with E-state index in [4.69, 9.17) is 5.73 Å². The van der Waals surface area contributed by atoms with Crippen LogP contribution in [0.1, 0.15) is 31.7 Å². The first kappa shape index (κ1) is 15.7. The summed E-state index contributed by atoms with van der Waals surface area (Å²) in [4.78, 5) is 0.266. The van der Waals surface area contributed by atoms with Gasteiger partial charge in [0, 0.05) is 12.1 Å². The van der Waals surface area contributed by atoms with E-state index >= 15 is 0 Å². The van der Waals surface area contributed by atoms with E-state index in [0.717, 1.165) is 24.8 Å². The first-order valence-electron chi connectivity index (χ1n) is 6.39. The lowest BCUT2D eigenvalue weighted by Crippen LogP contribution is -2.24. The summed E-state index contributed by atoms with van der Waals surface area (Å²) in [6.45, 7) is 2.85. The summed E-state index contributed by atoms with van der Waals surface area (Å²) in [5.74, 6) is 5.58.